The molecule has 0 radical (unpaired) electrons. The molecule has 0 spiro atoms. The lowest BCUT2D eigenvalue weighted by Crippen LogP contribution is -2.39. The molecule has 0 aromatic heterocycles. The summed E-state index contributed by atoms with van der Waals surface area (Å²) in [7, 11) is 1.63. The van der Waals surface area contributed by atoms with Gasteiger partial charge in [0.1, 0.15) is 0 Å². The Hall–Kier alpha value is -0.580. The van der Waals surface area contributed by atoms with Crippen LogP contribution in [-0.4, -0.2) is 31.0 Å². The molecule has 0 saturated heterocycles. The van der Waals surface area contributed by atoms with E-state index in [1.165, 1.54) is 0 Å². The molecule has 5 heteroatoms. The van der Waals surface area contributed by atoms with Crippen molar-refractivity contribution < 1.29 is 9.53 Å². The van der Waals surface area contributed by atoms with Gasteiger partial charge in [0.2, 0.25) is 5.91 Å². The number of methoxy groups -OCH3 is 1. The minimum atomic E-state index is 0.000299. The predicted molar refractivity (Wildman–Crippen MR) is 77.4 cm³/mol. The zero-order valence-electron chi connectivity index (χ0n) is 10.3. The van der Waals surface area contributed by atoms with Crippen molar-refractivity contribution in [1.82, 2.24) is 5.32 Å². The van der Waals surface area contributed by atoms with Gasteiger partial charge in [0.05, 0.1) is 19.1 Å². The van der Waals surface area contributed by atoms with Gasteiger partial charge in [-0.15, -0.1) is 0 Å². The molecular formula is C13H17BrClNO2. The third-order valence-electron chi connectivity index (χ3n) is 2.47. The summed E-state index contributed by atoms with van der Waals surface area (Å²) in [4.78, 5) is 11.8. The molecule has 0 heterocycles. The number of halogens is 2. The molecule has 1 aromatic carbocycles. The number of amides is 1. The van der Waals surface area contributed by atoms with Crippen LogP contribution in [0.5, 0.6) is 0 Å². The van der Waals surface area contributed by atoms with Crippen LogP contribution in [0.15, 0.2) is 24.3 Å². The fourth-order valence-corrected chi connectivity index (χ4v) is 2.28. The van der Waals surface area contributed by atoms with Gasteiger partial charge >= 0.3 is 0 Å². The highest BCUT2D eigenvalue weighted by Gasteiger charge is 2.11. The summed E-state index contributed by atoms with van der Waals surface area (Å²) in [5.74, 6) is 0.000299. The highest BCUT2D eigenvalue weighted by molar-refractivity contribution is 9.09. The van der Waals surface area contributed by atoms with Crippen molar-refractivity contribution in [2.24, 2.45) is 0 Å². The highest BCUT2D eigenvalue weighted by atomic mass is 79.9. The number of benzene rings is 1. The molecule has 1 unspecified atom stereocenters. The first kappa shape index (κ1) is 15.5. The van der Waals surface area contributed by atoms with Crippen molar-refractivity contribution in [3.63, 3.8) is 0 Å². The summed E-state index contributed by atoms with van der Waals surface area (Å²) < 4.78 is 5.07. The van der Waals surface area contributed by atoms with Gasteiger partial charge in [0.15, 0.2) is 0 Å². The Morgan fingerprint density at radius 3 is 2.67 bits per heavy atom. The number of nitrogens with one attached hydrogen (secondary N) is 1. The summed E-state index contributed by atoms with van der Waals surface area (Å²) in [6.45, 7) is 0.526. The molecule has 0 aliphatic carbocycles. The second kappa shape index (κ2) is 8.51. The van der Waals surface area contributed by atoms with Gasteiger partial charge < -0.3 is 10.1 Å². The summed E-state index contributed by atoms with van der Waals surface area (Å²) in [6, 6.07) is 7.34. The maximum atomic E-state index is 11.8. The topological polar surface area (TPSA) is 38.3 Å². The molecule has 0 aliphatic heterocycles. The monoisotopic (exact) mass is 333 g/mol. The number of hydrogen-bond donors (Lipinski definition) is 1. The molecule has 1 atom stereocenters. The standard InChI is InChI=1S/C13H17BrClNO2/c1-18-9-12(6-7-14)16-13(17)8-10-2-4-11(15)5-3-10/h2-5,12H,6-9H2,1H3,(H,16,17). The SMILES string of the molecule is COCC(CCBr)NC(=O)Cc1ccc(Cl)cc1. The van der Waals surface area contributed by atoms with Gasteiger partial charge in [0.25, 0.3) is 0 Å². The Balaban J connectivity index is 2.46. The number of hydrogen-bond acceptors (Lipinski definition) is 2. The second-order valence-electron chi connectivity index (χ2n) is 4.00. The predicted octanol–water partition coefficient (Wildman–Crippen LogP) is 2.80. The van der Waals surface area contributed by atoms with Crippen molar-refractivity contribution in [3.05, 3.63) is 34.9 Å². The van der Waals surface area contributed by atoms with Crippen LogP contribution in [0.4, 0.5) is 0 Å². The van der Waals surface area contributed by atoms with E-state index in [4.69, 9.17) is 16.3 Å². The van der Waals surface area contributed by atoms with Crippen molar-refractivity contribution in [3.8, 4) is 0 Å². The van der Waals surface area contributed by atoms with Crippen LogP contribution in [0.2, 0.25) is 5.02 Å². The minimum Gasteiger partial charge on any atom is -0.383 e. The van der Waals surface area contributed by atoms with E-state index in [0.717, 1.165) is 17.3 Å². The molecule has 1 aromatic rings. The first-order valence-corrected chi connectivity index (χ1v) is 7.24. The molecule has 18 heavy (non-hydrogen) atoms. The van der Waals surface area contributed by atoms with E-state index in [1.807, 2.05) is 12.1 Å². The van der Waals surface area contributed by atoms with Gasteiger partial charge in [-0.05, 0) is 24.1 Å². The Labute approximate surface area is 121 Å². The zero-order chi connectivity index (χ0) is 13.4. The number of carbonyl (C=O) groups is 1. The third-order valence-corrected chi connectivity index (χ3v) is 3.18. The Bertz CT molecular complexity index is 364. The third kappa shape index (κ3) is 5.85. The molecule has 0 bridgehead atoms. The number of rotatable bonds is 7. The molecular weight excluding hydrogens is 318 g/mol. The first-order valence-electron chi connectivity index (χ1n) is 5.74. The molecule has 100 valence electrons. The first-order chi connectivity index (χ1) is 8.65. The summed E-state index contributed by atoms with van der Waals surface area (Å²) >= 11 is 9.16. The molecule has 1 amide bonds. The van der Waals surface area contributed by atoms with Gasteiger partial charge in [0, 0.05) is 17.5 Å². The average Bonchev–Trinajstić information content (AvgIpc) is 2.33. The Morgan fingerprint density at radius 1 is 1.44 bits per heavy atom. The van der Waals surface area contributed by atoms with Crippen LogP contribution in [0.1, 0.15) is 12.0 Å². The normalized spacial score (nSPS) is 12.2. The number of carbonyl (C=O) groups excluding carboxylic acids is 1. The van der Waals surface area contributed by atoms with Gasteiger partial charge in [-0.1, -0.05) is 39.7 Å². The second-order valence-corrected chi connectivity index (χ2v) is 5.23. The molecule has 3 nitrogen and oxygen atoms in total. The molecule has 1 rings (SSSR count). The highest BCUT2D eigenvalue weighted by Crippen LogP contribution is 2.10. The lowest BCUT2D eigenvalue weighted by molar-refractivity contribution is -0.121. The number of ether oxygens (including phenoxy) is 1. The number of alkyl halides is 1. The lowest BCUT2D eigenvalue weighted by atomic mass is 10.1. The van der Waals surface area contributed by atoms with Crippen LogP contribution in [0.3, 0.4) is 0 Å². The summed E-state index contributed by atoms with van der Waals surface area (Å²) in [5, 5.41) is 4.47. The largest absolute Gasteiger partial charge is 0.383 e. The lowest BCUT2D eigenvalue weighted by Gasteiger charge is -2.16. The zero-order valence-corrected chi connectivity index (χ0v) is 12.6. The molecule has 0 saturated carbocycles. The molecule has 0 aliphatic rings. The van der Waals surface area contributed by atoms with Crippen molar-refractivity contribution in [2.75, 3.05) is 19.0 Å². The van der Waals surface area contributed by atoms with Crippen molar-refractivity contribution in [1.29, 1.82) is 0 Å². The van der Waals surface area contributed by atoms with E-state index < -0.39 is 0 Å². The van der Waals surface area contributed by atoms with Crippen molar-refractivity contribution in [2.45, 2.75) is 18.9 Å². The van der Waals surface area contributed by atoms with Gasteiger partial charge in [-0.3, -0.25) is 4.79 Å². The smallest absolute Gasteiger partial charge is 0.224 e. The maximum Gasteiger partial charge on any atom is 0.224 e. The fourth-order valence-electron chi connectivity index (χ4n) is 1.60. The average molecular weight is 335 g/mol. The Morgan fingerprint density at radius 2 is 2.11 bits per heavy atom. The van der Waals surface area contributed by atoms with E-state index in [0.29, 0.717) is 18.1 Å². The van der Waals surface area contributed by atoms with Crippen LogP contribution in [0, 0.1) is 0 Å². The van der Waals surface area contributed by atoms with Crippen molar-refractivity contribution >= 4 is 33.4 Å². The van der Waals surface area contributed by atoms with Crippen LogP contribution in [0.25, 0.3) is 0 Å². The van der Waals surface area contributed by atoms with Crippen LogP contribution >= 0.6 is 27.5 Å². The van der Waals surface area contributed by atoms with E-state index in [9.17, 15) is 4.79 Å². The molecule has 1 N–H and O–H groups in total. The maximum absolute atomic E-state index is 11.8. The quantitative estimate of drug-likeness (QED) is 0.779. The summed E-state index contributed by atoms with van der Waals surface area (Å²) in [6.07, 6.45) is 1.21. The van der Waals surface area contributed by atoms with Gasteiger partial charge in [-0.25, -0.2) is 0 Å². The fraction of sp³-hybridized carbons (Fsp3) is 0.462. The van der Waals surface area contributed by atoms with E-state index in [1.54, 1.807) is 19.2 Å². The minimum absolute atomic E-state index is 0.000299. The summed E-state index contributed by atoms with van der Waals surface area (Å²) in [5.41, 5.74) is 0.951. The molecule has 0 fully saturated rings. The van der Waals surface area contributed by atoms with Crippen LogP contribution < -0.4 is 5.32 Å². The van der Waals surface area contributed by atoms with E-state index >= 15 is 0 Å². The van der Waals surface area contributed by atoms with Crippen LogP contribution in [-0.2, 0) is 16.0 Å². The van der Waals surface area contributed by atoms with E-state index in [-0.39, 0.29) is 11.9 Å². The van der Waals surface area contributed by atoms with E-state index in [2.05, 4.69) is 21.2 Å². The van der Waals surface area contributed by atoms with Gasteiger partial charge in [-0.2, -0.15) is 0 Å². The Kier molecular flexibility index (Phi) is 7.32.